The number of ether oxygens (including phenoxy) is 3. The standard InChI is InChI=1S/C16H22ClF2N5O6/c1-6(20)13(25)28-5-16(4-17)10(29-14(26)7(2)21)9(19)12(30-16)24-3-8(18)11(22)23-15(24)27/h3,6-7,9-10,12H,4-5,20-21H2,1-2H3,(H2,22,23,27)/t6-,7+,9-,10-,12+,16+/m0/s1. The van der Waals surface area contributed by atoms with Crippen LogP contribution in [-0.4, -0.2) is 63.9 Å². The average molecular weight is 454 g/mol. The van der Waals surface area contributed by atoms with Gasteiger partial charge in [-0.3, -0.25) is 14.2 Å². The molecule has 2 heterocycles. The third kappa shape index (κ3) is 4.69. The number of carbonyl (C=O) groups is 2. The highest BCUT2D eigenvalue weighted by atomic mass is 35.5. The highest BCUT2D eigenvalue weighted by Crippen LogP contribution is 2.42. The van der Waals surface area contributed by atoms with Crippen LogP contribution >= 0.6 is 11.6 Å². The molecule has 1 aromatic heterocycles. The fourth-order valence-corrected chi connectivity index (χ4v) is 2.95. The van der Waals surface area contributed by atoms with Crippen LogP contribution in [-0.2, 0) is 23.8 Å². The second-order valence-corrected chi connectivity index (χ2v) is 7.12. The van der Waals surface area contributed by atoms with Crippen LogP contribution in [0.3, 0.4) is 0 Å². The van der Waals surface area contributed by atoms with Crippen LogP contribution in [0, 0.1) is 5.82 Å². The van der Waals surface area contributed by atoms with Crippen molar-refractivity contribution in [3.63, 3.8) is 0 Å². The third-order valence-electron chi connectivity index (χ3n) is 4.32. The smallest absolute Gasteiger partial charge is 0.351 e. The first-order valence-corrected chi connectivity index (χ1v) is 9.27. The van der Waals surface area contributed by atoms with E-state index in [1.807, 2.05) is 0 Å². The summed E-state index contributed by atoms with van der Waals surface area (Å²) < 4.78 is 45.3. The van der Waals surface area contributed by atoms with Gasteiger partial charge in [-0.05, 0) is 13.8 Å². The highest BCUT2D eigenvalue weighted by molar-refractivity contribution is 6.18. The van der Waals surface area contributed by atoms with Crippen LogP contribution in [0.15, 0.2) is 11.0 Å². The summed E-state index contributed by atoms with van der Waals surface area (Å²) >= 11 is 5.97. The normalized spacial score (nSPS) is 28.0. The Morgan fingerprint density at radius 1 is 1.37 bits per heavy atom. The maximum Gasteiger partial charge on any atom is 0.351 e. The summed E-state index contributed by atoms with van der Waals surface area (Å²) in [5.74, 6) is -4.21. The molecule has 0 aliphatic carbocycles. The molecule has 0 aromatic carbocycles. The summed E-state index contributed by atoms with van der Waals surface area (Å²) in [6.07, 6.45) is -5.22. The van der Waals surface area contributed by atoms with Gasteiger partial charge in [0.05, 0.1) is 12.1 Å². The van der Waals surface area contributed by atoms with Gasteiger partial charge in [-0.1, -0.05) is 0 Å². The van der Waals surface area contributed by atoms with Crippen molar-refractivity contribution < 1.29 is 32.6 Å². The Morgan fingerprint density at radius 2 is 1.97 bits per heavy atom. The lowest BCUT2D eigenvalue weighted by Crippen LogP contribution is -2.52. The van der Waals surface area contributed by atoms with Gasteiger partial charge in [-0.2, -0.15) is 4.98 Å². The van der Waals surface area contributed by atoms with E-state index in [-0.39, 0.29) is 0 Å². The Kier molecular flexibility index (Phi) is 7.34. The van der Waals surface area contributed by atoms with Crippen LogP contribution in [0.4, 0.5) is 14.6 Å². The summed E-state index contributed by atoms with van der Waals surface area (Å²) in [7, 11) is 0. The third-order valence-corrected chi connectivity index (χ3v) is 4.77. The Morgan fingerprint density at radius 3 is 2.50 bits per heavy atom. The Bertz CT molecular complexity index is 869. The second kappa shape index (κ2) is 9.20. The molecule has 0 saturated carbocycles. The van der Waals surface area contributed by atoms with Crippen LogP contribution in [0.5, 0.6) is 0 Å². The van der Waals surface area contributed by atoms with Crippen molar-refractivity contribution in [1.29, 1.82) is 0 Å². The number of nitrogen functional groups attached to an aromatic ring is 1. The monoisotopic (exact) mass is 453 g/mol. The molecule has 0 spiro atoms. The second-order valence-electron chi connectivity index (χ2n) is 6.86. The Labute approximate surface area is 174 Å². The molecule has 1 saturated heterocycles. The first kappa shape index (κ1) is 23.9. The molecule has 1 aliphatic rings. The van der Waals surface area contributed by atoms with E-state index in [1.165, 1.54) is 13.8 Å². The van der Waals surface area contributed by atoms with E-state index in [0.29, 0.717) is 10.8 Å². The molecule has 1 aliphatic heterocycles. The molecule has 0 unspecified atom stereocenters. The molecule has 168 valence electrons. The van der Waals surface area contributed by atoms with Gasteiger partial charge < -0.3 is 31.4 Å². The predicted octanol–water partition coefficient (Wildman–Crippen LogP) is -1.04. The minimum absolute atomic E-state index is 0.491. The van der Waals surface area contributed by atoms with Crippen molar-refractivity contribution in [3.8, 4) is 0 Å². The zero-order chi connectivity index (χ0) is 22.8. The summed E-state index contributed by atoms with van der Waals surface area (Å²) in [4.78, 5) is 39.1. The maximum absolute atomic E-state index is 15.3. The quantitative estimate of drug-likeness (QED) is 0.341. The van der Waals surface area contributed by atoms with Crippen molar-refractivity contribution in [2.75, 3.05) is 18.2 Å². The molecule has 0 bridgehead atoms. The molecule has 30 heavy (non-hydrogen) atoms. The number of hydrogen-bond acceptors (Lipinski definition) is 10. The van der Waals surface area contributed by atoms with E-state index in [2.05, 4.69) is 4.98 Å². The van der Waals surface area contributed by atoms with Gasteiger partial charge in [0.1, 0.15) is 18.7 Å². The summed E-state index contributed by atoms with van der Waals surface area (Å²) in [6, 6.07) is -2.15. The summed E-state index contributed by atoms with van der Waals surface area (Å²) in [5.41, 5.74) is 13.1. The minimum Gasteiger partial charge on any atom is -0.461 e. The fourth-order valence-electron chi connectivity index (χ4n) is 2.65. The van der Waals surface area contributed by atoms with Gasteiger partial charge in [-0.15, -0.1) is 11.6 Å². The lowest BCUT2D eigenvalue weighted by atomic mass is 9.98. The molecule has 6 atom stereocenters. The van der Waals surface area contributed by atoms with E-state index >= 15 is 4.39 Å². The summed E-state index contributed by atoms with van der Waals surface area (Å²) in [5, 5.41) is 0. The Balaban J connectivity index is 2.46. The number of nitrogens with zero attached hydrogens (tertiary/aromatic N) is 2. The number of alkyl halides is 2. The number of nitrogens with two attached hydrogens (primary N) is 3. The molecule has 0 amide bonds. The van der Waals surface area contributed by atoms with E-state index in [4.69, 9.17) is 43.0 Å². The van der Waals surface area contributed by atoms with Gasteiger partial charge >= 0.3 is 17.6 Å². The number of esters is 2. The molecule has 0 radical (unpaired) electrons. The topological polar surface area (TPSA) is 175 Å². The van der Waals surface area contributed by atoms with Gasteiger partial charge in [0.15, 0.2) is 35.7 Å². The maximum atomic E-state index is 15.3. The van der Waals surface area contributed by atoms with E-state index in [9.17, 15) is 18.8 Å². The van der Waals surface area contributed by atoms with Gasteiger partial charge in [0.2, 0.25) is 0 Å². The Hall–Kier alpha value is -2.35. The fraction of sp³-hybridized carbons (Fsp3) is 0.625. The first-order valence-electron chi connectivity index (χ1n) is 8.74. The van der Waals surface area contributed by atoms with Crippen LogP contribution < -0.4 is 22.9 Å². The van der Waals surface area contributed by atoms with E-state index < -0.39 is 77.9 Å². The number of halogens is 3. The molecule has 1 aromatic rings. The largest absolute Gasteiger partial charge is 0.461 e. The SMILES string of the molecule is C[C@H](N)C(=O)OC[C@@]1(CCl)O[C@@H](n2cc(F)c(N)nc2=O)[C@@H](F)[C@@H]1OC(=O)[C@@H](C)N. The van der Waals surface area contributed by atoms with Crippen molar-refractivity contribution >= 4 is 29.4 Å². The van der Waals surface area contributed by atoms with Gasteiger partial charge in [0.25, 0.3) is 0 Å². The number of hydrogen-bond donors (Lipinski definition) is 3. The molecule has 1 fully saturated rings. The lowest BCUT2D eigenvalue weighted by molar-refractivity contribution is -0.175. The van der Waals surface area contributed by atoms with Crippen LogP contribution in [0.2, 0.25) is 0 Å². The first-order chi connectivity index (χ1) is 13.9. The van der Waals surface area contributed by atoms with Crippen LogP contribution in [0.25, 0.3) is 0 Å². The summed E-state index contributed by atoms with van der Waals surface area (Å²) in [6.45, 7) is 1.97. The van der Waals surface area contributed by atoms with Crippen LogP contribution in [0.1, 0.15) is 20.1 Å². The number of anilines is 1. The van der Waals surface area contributed by atoms with E-state index in [0.717, 1.165) is 0 Å². The molecular weight excluding hydrogens is 432 g/mol. The molecular formula is C16H22ClF2N5O6. The molecule has 6 N–H and O–H groups in total. The zero-order valence-electron chi connectivity index (χ0n) is 16.1. The number of carbonyl (C=O) groups excluding carboxylic acids is 2. The molecule has 2 rings (SSSR count). The predicted molar refractivity (Wildman–Crippen MR) is 99.5 cm³/mol. The number of rotatable bonds is 7. The highest BCUT2D eigenvalue weighted by Gasteiger charge is 2.60. The van der Waals surface area contributed by atoms with Crippen molar-refractivity contribution in [3.05, 3.63) is 22.5 Å². The van der Waals surface area contributed by atoms with Crippen molar-refractivity contribution in [1.82, 2.24) is 9.55 Å². The molecule has 14 heteroatoms. The van der Waals surface area contributed by atoms with Gasteiger partial charge in [0, 0.05) is 0 Å². The van der Waals surface area contributed by atoms with Crippen molar-refractivity contribution in [2.45, 2.75) is 50.0 Å². The lowest BCUT2D eigenvalue weighted by Gasteiger charge is -2.31. The average Bonchev–Trinajstić information content (AvgIpc) is 2.95. The zero-order valence-corrected chi connectivity index (χ0v) is 16.8. The minimum atomic E-state index is -2.23. The van der Waals surface area contributed by atoms with E-state index in [1.54, 1.807) is 0 Å². The number of aromatic nitrogens is 2. The van der Waals surface area contributed by atoms with Gasteiger partial charge in [-0.25, -0.2) is 13.6 Å². The molecule has 11 nitrogen and oxygen atoms in total. The van der Waals surface area contributed by atoms with Crippen molar-refractivity contribution in [2.24, 2.45) is 11.5 Å².